The van der Waals surface area contributed by atoms with Gasteiger partial charge in [-0.25, -0.2) is 0 Å². The zero-order valence-corrected chi connectivity index (χ0v) is 6.87. The van der Waals surface area contributed by atoms with Gasteiger partial charge in [0, 0.05) is 12.5 Å². The number of carbonyl (C=O) groups excluding carboxylic acids is 1. The highest BCUT2D eigenvalue weighted by atomic mass is 16.7. The predicted molar refractivity (Wildman–Crippen MR) is 40.8 cm³/mol. The summed E-state index contributed by atoms with van der Waals surface area (Å²) in [5.74, 6) is 0.997. The molecule has 1 aliphatic heterocycles. The van der Waals surface area contributed by atoms with Crippen molar-refractivity contribution in [1.82, 2.24) is 5.48 Å². The van der Waals surface area contributed by atoms with Crippen LogP contribution in [0.4, 0.5) is 0 Å². The molecule has 0 bridgehead atoms. The van der Waals surface area contributed by atoms with E-state index in [-0.39, 0.29) is 11.9 Å². The number of ether oxygens (including phenoxy) is 1. The third-order valence-corrected chi connectivity index (χ3v) is 2.33. The third-order valence-electron chi connectivity index (χ3n) is 2.33. The molecule has 0 spiro atoms. The van der Waals surface area contributed by atoms with Crippen LogP contribution >= 0.6 is 0 Å². The van der Waals surface area contributed by atoms with E-state index < -0.39 is 0 Å². The topological polar surface area (TPSA) is 47.6 Å². The lowest BCUT2D eigenvalue weighted by atomic mass is 10.0. The Morgan fingerprint density at radius 3 is 3.33 bits per heavy atom. The summed E-state index contributed by atoms with van der Waals surface area (Å²) in [7, 11) is 1.41. The van der Waals surface area contributed by atoms with Crippen LogP contribution in [0.1, 0.15) is 6.42 Å². The molecule has 2 unspecified atom stereocenters. The van der Waals surface area contributed by atoms with Gasteiger partial charge in [0.1, 0.15) is 5.76 Å². The Labute approximate surface area is 70.5 Å². The maximum absolute atomic E-state index is 11.1. The summed E-state index contributed by atoms with van der Waals surface area (Å²) in [5, 5.41) is 0. The molecule has 0 amide bonds. The summed E-state index contributed by atoms with van der Waals surface area (Å²) in [6, 6.07) is 0. The van der Waals surface area contributed by atoms with Crippen LogP contribution in [-0.4, -0.2) is 19.6 Å². The van der Waals surface area contributed by atoms with Crippen molar-refractivity contribution in [2.75, 3.05) is 13.7 Å². The molecule has 4 heteroatoms. The zero-order chi connectivity index (χ0) is 8.55. The van der Waals surface area contributed by atoms with Gasteiger partial charge in [-0.1, -0.05) is 0 Å². The minimum atomic E-state index is -0.166. The summed E-state index contributed by atoms with van der Waals surface area (Å²) in [4.78, 5) is 16.2. The summed E-state index contributed by atoms with van der Waals surface area (Å²) < 4.78 is 4.64. The first-order valence-corrected chi connectivity index (χ1v) is 4.00. The number of fused-ring (bicyclic) bond motifs is 1. The molecule has 0 saturated carbocycles. The maximum Gasteiger partial charge on any atom is 0.312 e. The molecule has 1 N–H and O–H groups in total. The molecule has 2 aliphatic rings. The summed E-state index contributed by atoms with van der Waals surface area (Å²) in [6.07, 6.45) is 2.66. The Morgan fingerprint density at radius 2 is 2.67 bits per heavy atom. The van der Waals surface area contributed by atoms with Crippen LogP contribution in [0.5, 0.6) is 0 Å². The number of methoxy groups -OCH3 is 1. The standard InChI is InChI=1S/C8H11NO3/c1-11-8(10)5-2-6-4-9-12-7(6)3-5/h3,5-6,9H,2,4H2,1H3. The van der Waals surface area contributed by atoms with Gasteiger partial charge in [0.2, 0.25) is 0 Å². The highest BCUT2D eigenvalue weighted by Crippen LogP contribution is 2.33. The molecule has 1 saturated heterocycles. The second-order valence-electron chi connectivity index (χ2n) is 3.08. The number of hydrogen-bond donors (Lipinski definition) is 1. The lowest BCUT2D eigenvalue weighted by Gasteiger charge is -2.05. The number of nitrogens with one attached hydrogen (secondary N) is 1. The van der Waals surface area contributed by atoms with Gasteiger partial charge in [-0.3, -0.25) is 4.79 Å². The minimum absolute atomic E-state index is 0.0999. The van der Waals surface area contributed by atoms with Crippen LogP contribution in [0.15, 0.2) is 11.8 Å². The average Bonchev–Trinajstić information content (AvgIpc) is 2.60. The van der Waals surface area contributed by atoms with Crippen LogP contribution in [0, 0.1) is 11.8 Å². The average molecular weight is 169 g/mol. The van der Waals surface area contributed by atoms with E-state index in [1.54, 1.807) is 0 Å². The van der Waals surface area contributed by atoms with Gasteiger partial charge in [0.15, 0.2) is 0 Å². The Hall–Kier alpha value is -1.03. The summed E-state index contributed by atoms with van der Waals surface area (Å²) in [6.45, 7) is 0.805. The van der Waals surface area contributed by atoms with Gasteiger partial charge in [0.05, 0.1) is 13.0 Å². The first kappa shape index (κ1) is 7.61. The SMILES string of the molecule is COC(=O)C1C=C2ONCC2C1. The van der Waals surface area contributed by atoms with E-state index in [0.717, 1.165) is 18.7 Å². The van der Waals surface area contributed by atoms with E-state index in [4.69, 9.17) is 4.84 Å². The smallest absolute Gasteiger partial charge is 0.312 e. The number of hydrogen-bond acceptors (Lipinski definition) is 4. The van der Waals surface area contributed by atoms with E-state index in [2.05, 4.69) is 10.2 Å². The van der Waals surface area contributed by atoms with Gasteiger partial charge in [-0.05, 0) is 12.5 Å². The molecule has 0 aromatic rings. The first-order valence-electron chi connectivity index (χ1n) is 4.00. The quantitative estimate of drug-likeness (QED) is 0.570. The summed E-state index contributed by atoms with van der Waals surface area (Å²) >= 11 is 0. The molecule has 0 radical (unpaired) electrons. The van der Waals surface area contributed by atoms with Crippen molar-refractivity contribution in [2.24, 2.45) is 11.8 Å². The fourth-order valence-corrected chi connectivity index (χ4v) is 1.67. The second kappa shape index (κ2) is 2.79. The van der Waals surface area contributed by atoms with Gasteiger partial charge >= 0.3 is 5.97 Å². The van der Waals surface area contributed by atoms with Crippen molar-refractivity contribution in [3.63, 3.8) is 0 Å². The maximum atomic E-state index is 11.1. The van der Waals surface area contributed by atoms with Crippen molar-refractivity contribution in [3.8, 4) is 0 Å². The molecule has 1 aliphatic carbocycles. The number of hydroxylamine groups is 1. The van der Waals surface area contributed by atoms with Crippen molar-refractivity contribution < 1.29 is 14.4 Å². The van der Waals surface area contributed by atoms with Crippen LogP contribution in [0.3, 0.4) is 0 Å². The second-order valence-corrected chi connectivity index (χ2v) is 3.08. The molecule has 12 heavy (non-hydrogen) atoms. The van der Waals surface area contributed by atoms with Crippen LogP contribution < -0.4 is 5.48 Å². The van der Waals surface area contributed by atoms with Gasteiger partial charge in [-0.2, -0.15) is 5.48 Å². The monoisotopic (exact) mass is 169 g/mol. The Bertz CT molecular complexity index is 236. The molecule has 0 aromatic carbocycles. The van der Waals surface area contributed by atoms with E-state index >= 15 is 0 Å². The number of carbonyl (C=O) groups is 1. The largest absolute Gasteiger partial charge is 0.469 e. The first-order chi connectivity index (χ1) is 5.81. The highest BCUT2D eigenvalue weighted by molar-refractivity contribution is 5.75. The van der Waals surface area contributed by atoms with Crippen molar-refractivity contribution >= 4 is 5.97 Å². The Morgan fingerprint density at radius 1 is 1.83 bits per heavy atom. The number of esters is 1. The lowest BCUT2D eigenvalue weighted by molar-refractivity contribution is -0.143. The van der Waals surface area contributed by atoms with Gasteiger partial charge in [0.25, 0.3) is 0 Å². The molecule has 2 atom stereocenters. The van der Waals surface area contributed by atoms with E-state index in [9.17, 15) is 4.79 Å². The van der Waals surface area contributed by atoms with Crippen LogP contribution in [-0.2, 0) is 14.4 Å². The Balaban J connectivity index is 2.06. The summed E-state index contributed by atoms with van der Waals surface area (Å²) in [5.41, 5.74) is 2.78. The molecule has 66 valence electrons. The van der Waals surface area contributed by atoms with E-state index in [0.29, 0.717) is 5.92 Å². The molecule has 0 aromatic heterocycles. The molecular weight excluding hydrogens is 158 g/mol. The lowest BCUT2D eigenvalue weighted by Crippen LogP contribution is -2.16. The van der Waals surface area contributed by atoms with E-state index in [1.807, 2.05) is 6.08 Å². The highest BCUT2D eigenvalue weighted by Gasteiger charge is 2.35. The van der Waals surface area contributed by atoms with Crippen molar-refractivity contribution in [1.29, 1.82) is 0 Å². The number of rotatable bonds is 1. The minimum Gasteiger partial charge on any atom is -0.469 e. The van der Waals surface area contributed by atoms with Crippen LogP contribution in [0.25, 0.3) is 0 Å². The van der Waals surface area contributed by atoms with Gasteiger partial charge in [-0.15, -0.1) is 0 Å². The molecule has 2 rings (SSSR count). The van der Waals surface area contributed by atoms with E-state index in [1.165, 1.54) is 7.11 Å². The molecule has 1 fully saturated rings. The zero-order valence-electron chi connectivity index (χ0n) is 6.87. The third kappa shape index (κ3) is 1.08. The van der Waals surface area contributed by atoms with Gasteiger partial charge < -0.3 is 9.57 Å². The molecule has 4 nitrogen and oxygen atoms in total. The predicted octanol–water partition coefficient (Wildman–Crippen LogP) is 0.214. The fraction of sp³-hybridized carbons (Fsp3) is 0.625. The van der Waals surface area contributed by atoms with Crippen molar-refractivity contribution in [3.05, 3.63) is 11.8 Å². The van der Waals surface area contributed by atoms with Crippen molar-refractivity contribution in [2.45, 2.75) is 6.42 Å². The molecule has 1 heterocycles. The van der Waals surface area contributed by atoms with Crippen LogP contribution in [0.2, 0.25) is 0 Å². The molecular formula is C8H11NO3. The fourth-order valence-electron chi connectivity index (χ4n) is 1.67. The normalized spacial score (nSPS) is 32.2. The Kier molecular flexibility index (Phi) is 1.77.